The van der Waals surface area contributed by atoms with E-state index in [1.807, 2.05) is 42.5 Å². The number of carbonyl (C=O) groups is 2. The second kappa shape index (κ2) is 6.32. The predicted octanol–water partition coefficient (Wildman–Crippen LogP) is 3.83. The van der Waals surface area contributed by atoms with Crippen molar-refractivity contribution in [1.29, 1.82) is 0 Å². The molecule has 4 nitrogen and oxygen atoms in total. The number of nitrogens with zero attached hydrogens (tertiary/aromatic N) is 1. The van der Waals surface area contributed by atoms with E-state index in [9.17, 15) is 9.59 Å². The summed E-state index contributed by atoms with van der Waals surface area (Å²) in [6.07, 6.45) is 1.51. The van der Waals surface area contributed by atoms with Crippen LogP contribution in [0.3, 0.4) is 0 Å². The van der Waals surface area contributed by atoms with Crippen molar-refractivity contribution in [1.82, 2.24) is 0 Å². The number of anilines is 2. The van der Waals surface area contributed by atoms with Crippen LogP contribution in [0, 0.1) is 0 Å². The number of amides is 2. The van der Waals surface area contributed by atoms with Gasteiger partial charge in [-0.1, -0.05) is 12.1 Å². The highest BCUT2D eigenvalue weighted by Crippen LogP contribution is 2.24. The third-order valence-electron chi connectivity index (χ3n) is 3.63. The van der Waals surface area contributed by atoms with Crippen LogP contribution in [0.15, 0.2) is 53.0 Å². The van der Waals surface area contributed by atoms with Crippen molar-refractivity contribution in [3.05, 3.63) is 58.6 Å². The van der Waals surface area contributed by atoms with Crippen molar-refractivity contribution in [2.24, 2.45) is 0 Å². The van der Waals surface area contributed by atoms with Crippen LogP contribution in [0.4, 0.5) is 11.4 Å². The minimum absolute atomic E-state index is 0.157. The fourth-order valence-corrected chi connectivity index (χ4v) is 2.95. The molecular weight excluding hydrogens is 344 g/mol. The molecule has 22 heavy (non-hydrogen) atoms. The number of rotatable bonds is 3. The van der Waals surface area contributed by atoms with Gasteiger partial charge in [-0.2, -0.15) is 0 Å². The second-order valence-corrected chi connectivity index (χ2v) is 5.98. The van der Waals surface area contributed by atoms with Crippen LogP contribution in [-0.2, 0) is 4.79 Å². The largest absolute Gasteiger partial charge is 0.322 e. The molecule has 1 fully saturated rings. The van der Waals surface area contributed by atoms with Gasteiger partial charge in [0, 0.05) is 28.8 Å². The lowest BCUT2D eigenvalue weighted by molar-refractivity contribution is -0.117. The summed E-state index contributed by atoms with van der Waals surface area (Å²) in [6, 6.07) is 14.6. The minimum Gasteiger partial charge on any atom is -0.322 e. The maximum atomic E-state index is 12.2. The van der Waals surface area contributed by atoms with E-state index >= 15 is 0 Å². The summed E-state index contributed by atoms with van der Waals surface area (Å²) in [4.78, 5) is 25.7. The van der Waals surface area contributed by atoms with Gasteiger partial charge >= 0.3 is 0 Å². The van der Waals surface area contributed by atoms with E-state index < -0.39 is 0 Å². The van der Waals surface area contributed by atoms with E-state index in [1.165, 1.54) is 0 Å². The molecule has 0 atom stereocenters. The Kier molecular flexibility index (Phi) is 4.24. The third kappa shape index (κ3) is 3.04. The Labute approximate surface area is 137 Å². The lowest BCUT2D eigenvalue weighted by Crippen LogP contribution is -2.23. The molecule has 0 aromatic heterocycles. The number of carbonyl (C=O) groups excluding carboxylic acids is 2. The summed E-state index contributed by atoms with van der Waals surface area (Å²) in [5.41, 5.74) is 2.17. The molecule has 0 unspecified atom stereocenters. The molecule has 2 aromatic carbocycles. The number of benzene rings is 2. The number of hydrogen-bond donors (Lipinski definition) is 1. The molecule has 2 amide bonds. The van der Waals surface area contributed by atoms with Gasteiger partial charge in [-0.05, 0) is 58.7 Å². The SMILES string of the molecule is O=C(Nc1ccc(N2CCCC2=O)cc1)c1ccccc1Br. The predicted molar refractivity (Wildman–Crippen MR) is 90.1 cm³/mol. The van der Waals surface area contributed by atoms with E-state index in [0.717, 1.165) is 23.1 Å². The van der Waals surface area contributed by atoms with Gasteiger partial charge in [-0.25, -0.2) is 0 Å². The van der Waals surface area contributed by atoms with Gasteiger partial charge in [-0.15, -0.1) is 0 Å². The molecule has 0 radical (unpaired) electrons. The lowest BCUT2D eigenvalue weighted by Gasteiger charge is -2.16. The molecule has 1 aliphatic rings. The smallest absolute Gasteiger partial charge is 0.256 e. The van der Waals surface area contributed by atoms with Crippen molar-refractivity contribution in [3.63, 3.8) is 0 Å². The quantitative estimate of drug-likeness (QED) is 0.906. The van der Waals surface area contributed by atoms with Crippen LogP contribution in [0.1, 0.15) is 23.2 Å². The first kappa shape index (κ1) is 14.8. The maximum absolute atomic E-state index is 12.2. The second-order valence-electron chi connectivity index (χ2n) is 5.13. The fourth-order valence-electron chi connectivity index (χ4n) is 2.49. The zero-order valence-electron chi connectivity index (χ0n) is 11.9. The molecule has 3 rings (SSSR count). The van der Waals surface area contributed by atoms with Crippen LogP contribution >= 0.6 is 15.9 Å². The molecule has 112 valence electrons. The molecule has 0 bridgehead atoms. The Morgan fingerprint density at radius 2 is 1.82 bits per heavy atom. The van der Waals surface area contributed by atoms with Gasteiger partial charge < -0.3 is 10.2 Å². The van der Waals surface area contributed by atoms with E-state index in [1.54, 1.807) is 11.0 Å². The summed E-state index contributed by atoms with van der Waals surface area (Å²) in [7, 11) is 0. The van der Waals surface area contributed by atoms with Gasteiger partial charge in [0.2, 0.25) is 5.91 Å². The van der Waals surface area contributed by atoms with Gasteiger partial charge in [0.15, 0.2) is 0 Å². The molecular formula is C17H15BrN2O2. The molecule has 1 saturated heterocycles. The average molecular weight is 359 g/mol. The Hall–Kier alpha value is -2.14. The van der Waals surface area contributed by atoms with E-state index in [4.69, 9.17) is 0 Å². The van der Waals surface area contributed by atoms with Gasteiger partial charge in [-0.3, -0.25) is 9.59 Å². The number of halogens is 1. The Morgan fingerprint density at radius 3 is 2.45 bits per heavy atom. The van der Waals surface area contributed by atoms with Gasteiger partial charge in [0.25, 0.3) is 5.91 Å². The lowest BCUT2D eigenvalue weighted by atomic mass is 10.2. The molecule has 0 saturated carbocycles. The van der Waals surface area contributed by atoms with Crippen molar-refractivity contribution in [2.75, 3.05) is 16.8 Å². The zero-order valence-corrected chi connectivity index (χ0v) is 13.5. The van der Waals surface area contributed by atoms with Crippen LogP contribution in [0.2, 0.25) is 0 Å². The molecule has 1 aliphatic heterocycles. The monoisotopic (exact) mass is 358 g/mol. The van der Waals surface area contributed by atoms with E-state index in [-0.39, 0.29) is 11.8 Å². The maximum Gasteiger partial charge on any atom is 0.256 e. The standard InChI is InChI=1S/C17H15BrN2O2/c18-15-5-2-1-4-14(15)17(22)19-12-7-9-13(10-8-12)20-11-3-6-16(20)21/h1-2,4-5,7-10H,3,6,11H2,(H,19,22). The molecule has 1 heterocycles. The summed E-state index contributed by atoms with van der Waals surface area (Å²) >= 11 is 3.37. The number of hydrogen-bond acceptors (Lipinski definition) is 2. The minimum atomic E-state index is -0.169. The summed E-state index contributed by atoms with van der Waals surface area (Å²) < 4.78 is 0.756. The summed E-state index contributed by atoms with van der Waals surface area (Å²) in [5, 5.41) is 2.86. The van der Waals surface area contributed by atoms with Crippen molar-refractivity contribution < 1.29 is 9.59 Å². The van der Waals surface area contributed by atoms with Crippen LogP contribution in [-0.4, -0.2) is 18.4 Å². The van der Waals surface area contributed by atoms with Crippen LogP contribution in [0.5, 0.6) is 0 Å². The van der Waals surface area contributed by atoms with Crippen molar-refractivity contribution >= 4 is 39.1 Å². The first-order valence-electron chi connectivity index (χ1n) is 7.11. The molecule has 1 N–H and O–H groups in total. The zero-order chi connectivity index (χ0) is 15.5. The summed E-state index contributed by atoms with van der Waals surface area (Å²) in [5.74, 6) is -0.0116. The molecule has 0 aliphatic carbocycles. The van der Waals surface area contributed by atoms with Crippen LogP contribution in [0.25, 0.3) is 0 Å². The average Bonchev–Trinajstić information content (AvgIpc) is 2.94. The normalized spacial score (nSPS) is 14.2. The highest BCUT2D eigenvalue weighted by Gasteiger charge is 2.21. The summed E-state index contributed by atoms with van der Waals surface area (Å²) in [6.45, 7) is 0.765. The highest BCUT2D eigenvalue weighted by molar-refractivity contribution is 9.10. The van der Waals surface area contributed by atoms with E-state index in [0.29, 0.717) is 17.7 Å². The first-order chi connectivity index (χ1) is 10.6. The Balaban J connectivity index is 1.72. The van der Waals surface area contributed by atoms with Crippen molar-refractivity contribution in [3.8, 4) is 0 Å². The molecule has 5 heteroatoms. The van der Waals surface area contributed by atoms with Crippen LogP contribution < -0.4 is 10.2 Å². The molecule has 0 spiro atoms. The Morgan fingerprint density at radius 1 is 1.09 bits per heavy atom. The third-order valence-corrected chi connectivity index (χ3v) is 4.32. The van der Waals surface area contributed by atoms with Gasteiger partial charge in [0.1, 0.15) is 0 Å². The van der Waals surface area contributed by atoms with Crippen molar-refractivity contribution in [2.45, 2.75) is 12.8 Å². The molecule has 2 aromatic rings. The van der Waals surface area contributed by atoms with Gasteiger partial charge in [0.05, 0.1) is 5.56 Å². The first-order valence-corrected chi connectivity index (χ1v) is 7.91. The van der Waals surface area contributed by atoms with E-state index in [2.05, 4.69) is 21.2 Å². The number of nitrogens with one attached hydrogen (secondary N) is 1. The highest BCUT2D eigenvalue weighted by atomic mass is 79.9. The Bertz CT molecular complexity index is 713. The topological polar surface area (TPSA) is 49.4 Å². The fraction of sp³-hybridized carbons (Fsp3) is 0.176.